The van der Waals surface area contributed by atoms with Crippen LogP contribution in [0.3, 0.4) is 0 Å². The van der Waals surface area contributed by atoms with Crippen LogP contribution in [-0.4, -0.2) is 4.98 Å². The Morgan fingerprint density at radius 2 is 2.20 bits per heavy atom. The standard InChI is InChI=1S/C10H9BrN2S.ClH/c11-8-4-7(5-13-6-8)10(12)9-2-1-3-14-9;/h1-6,10H,12H2;1H/t10-;/m1./s1. The molecule has 2 nitrogen and oxygen atoms in total. The molecule has 2 aromatic rings. The average Bonchev–Trinajstić information content (AvgIpc) is 2.69. The number of nitrogens with zero attached hydrogens (tertiary/aromatic N) is 1. The van der Waals surface area contributed by atoms with E-state index < -0.39 is 0 Å². The van der Waals surface area contributed by atoms with Crippen LogP contribution in [0.5, 0.6) is 0 Å². The van der Waals surface area contributed by atoms with Crippen LogP contribution in [-0.2, 0) is 0 Å². The van der Waals surface area contributed by atoms with E-state index in [9.17, 15) is 0 Å². The van der Waals surface area contributed by atoms with E-state index in [2.05, 4.69) is 20.9 Å². The second-order valence-electron chi connectivity index (χ2n) is 2.93. The zero-order valence-electron chi connectivity index (χ0n) is 7.76. The molecular weight excluding hydrogens is 296 g/mol. The molecule has 2 N–H and O–H groups in total. The average molecular weight is 306 g/mol. The summed E-state index contributed by atoms with van der Waals surface area (Å²) in [5.41, 5.74) is 7.11. The molecule has 0 aliphatic heterocycles. The number of pyridine rings is 1. The maximum atomic E-state index is 6.08. The van der Waals surface area contributed by atoms with Crippen molar-refractivity contribution in [2.45, 2.75) is 6.04 Å². The second kappa shape index (κ2) is 5.61. The molecule has 0 unspecified atom stereocenters. The molecule has 0 amide bonds. The first-order chi connectivity index (χ1) is 6.77. The van der Waals surface area contributed by atoms with E-state index in [1.165, 1.54) is 0 Å². The first-order valence-electron chi connectivity index (χ1n) is 4.17. The van der Waals surface area contributed by atoms with E-state index in [0.29, 0.717) is 0 Å². The summed E-state index contributed by atoms with van der Waals surface area (Å²) in [5.74, 6) is 0. The van der Waals surface area contributed by atoms with Gasteiger partial charge in [0, 0.05) is 21.7 Å². The van der Waals surface area contributed by atoms with Gasteiger partial charge in [0.1, 0.15) is 0 Å². The summed E-state index contributed by atoms with van der Waals surface area (Å²) >= 11 is 5.04. The fraction of sp³-hybridized carbons (Fsp3) is 0.100. The monoisotopic (exact) mass is 304 g/mol. The lowest BCUT2D eigenvalue weighted by Crippen LogP contribution is -2.10. The molecule has 80 valence electrons. The summed E-state index contributed by atoms with van der Waals surface area (Å²) in [6, 6.07) is 5.97. The van der Waals surface area contributed by atoms with Crippen molar-refractivity contribution in [3.8, 4) is 0 Å². The molecule has 0 aliphatic carbocycles. The number of thiophene rings is 1. The van der Waals surface area contributed by atoms with Crippen LogP contribution in [0.4, 0.5) is 0 Å². The third kappa shape index (κ3) is 3.01. The topological polar surface area (TPSA) is 38.9 Å². The van der Waals surface area contributed by atoms with E-state index in [0.717, 1.165) is 14.9 Å². The van der Waals surface area contributed by atoms with Crippen LogP contribution in [0.2, 0.25) is 0 Å². The fourth-order valence-electron chi connectivity index (χ4n) is 1.23. The summed E-state index contributed by atoms with van der Waals surface area (Å²) < 4.78 is 0.960. The molecule has 1 atom stereocenters. The normalized spacial score (nSPS) is 11.9. The van der Waals surface area contributed by atoms with Crippen molar-refractivity contribution < 1.29 is 0 Å². The highest BCUT2D eigenvalue weighted by Gasteiger charge is 2.09. The Kier molecular flexibility index (Phi) is 4.73. The van der Waals surface area contributed by atoms with Crippen molar-refractivity contribution in [2.24, 2.45) is 5.73 Å². The van der Waals surface area contributed by atoms with Crippen molar-refractivity contribution in [1.82, 2.24) is 4.98 Å². The molecule has 0 saturated heterocycles. The van der Waals surface area contributed by atoms with Gasteiger partial charge in [-0.1, -0.05) is 6.07 Å². The third-order valence-corrected chi connectivity index (χ3v) is 3.32. The smallest absolute Gasteiger partial charge is 0.0661 e. The molecule has 0 saturated carbocycles. The van der Waals surface area contributed by atoms with Gasteiger partial charge in [-0.25, -0.2) is 0 Å². The van der Waals surface area contributed by atoms with E-state index in [1.807, 2.05) is 23.6 Å². The number of aromatic nitrogens is 1. The van der Waals surface area contributed by atoms with E-state index in [4.69, 9.17) is 5.73 Å². The number of halogens is 2. The number of hydrogen-bond acceptors (Lipinski definition) is 3. The summed E-state index contributed by atoms with van der Waals surface area (Å²) in [6.45, 7) is 0. The van der Waals surface area contributed by atoms with E-state index in [-0.39, 0.29) is 18.4 Å². The zero-order valence-corrected chi connectivity index (χ0v) is 11.0. The Morgan fingerprint density at radius 1 is 1.40 bits per heavy atom. The van der Waals surface area contributed by atoms with Crippen molar-refractivity contribution in [1.29, 1.82) is 0 Å². The Balaban J connectivity index is 0.00000112. The highest BCUT2D eigenvalue weighted by atomic mass is 79.9. The molecule has 0 aromatic carbocycles. The number of rotatable bonds is 2. The molecule has 0 aliphatic rings. The largest absolute Gasteiger partial charge is 0.320 e. The van der Waals surface area contributed by atoms with Gasteiger partial charge in [-0.15, -0.1) is 23.7 Å². The quantitative estimate of drug-likeness (QED) is 0.924. The first kappa shape index (κ1) is 12.6. The number of nitrogens with two attached hydrogens (primary N) is 1. The summed E-state index contributed by atoms with van der Waals surface area (Å²) in [7, 11) is 0. The molecule has 15 heavy (non-hydrogen) atoms. The van der Waals surface area contributed by atoms with Crippen LogP contribution in [0, 0.1) is 0 Å². The molecule has 0 radical (unpaired) electrons. The Labute approximate surface area is 107 Å². The lowest BCUT2D eigenvalue weighted by atomic mass is 10.1. The van der Waals surface area contributed by atoms with Gasteiger partial charge in [0.15, 0.2) is 0 Å². The van der Waals surface area contributed by atoms with Crippen LogP contribution in [0.1, 0.15) is 16.5 Å². The molecule has 0 spiro atoms. The minimum Gasteiger partial charge on any atom is -0.320 e. The molecule has 0 fully saturated rings. The highest BCUT2D eigenvalue weighted by Crippen LogP contribution is 2.24. The van der Waals surface area contributed by atoms with Crippen molar-refractivity contribution in [2.75, 3.05) is 0 Å². The molecule has 2 aromatic heterocycles. The lowest BCUT2D eigenvalue weighted by molar-refractivity contribution is 0.882. The van der Waals surface area contributed by atoms with E-state index in [1.54, 1.807) is 23.7 Å². The SMILES string of the molecule is Cl.N[C@H](c1cncc(Br)c1)c1cccs1. The predicted molar refractivity (Wildman–Crippen MR) is 69.5 cm³/mol. The molecular formula is C10H10BrClN2S. The third-order valence-electron chi connectivity index (χ3n) is 1.93. The van der Waals surface area contributed by atoms with Gasteiger partial charge < -0.3 is 5.73 Å². The summed E-state index contributed by atoms with van der Waals surface area (Å²) in [6.07, 6.45) is 3.56. The van der Waals surface area contributed by atoms with Crippen LogP contribution in [0.15, 0.2) is 40.4 Å². The van der Waals surface area contributed by atoms with Gasteiger partial charge in [0.2, 0.25) is 0 Å². The lowest BCUT2D eigenvalue weighted by Gasteiger charge is -2.09. The maximum Gasteiger partial charge on any atom is 0.0661 e. The van der Waals surface area contributed by atoms with E-state index >= 15 is 0 Å². The van der Waals surface area contributed by atoms with Gasteiger partial charge in [-0.3, -0.25) is 4.98 Å². The van der Waals surface area contributed by atoms with Gasteiger partial charge in [0.25, 0.3) is 0 Å². The molecule has 2 rings (SSSR count). The van der Waals surface area contributed by atoms with Gasteiger partial charge in [0.05, 0.1) is 6.04 Å². The molecule has 5 heteroatoms. The van der Waals surface area contributed by atoms with Gasteiger partial charge in [-0.2, -0.15) is 0 Å². The van der Waals surface area contributed by atoms with Gasteiger partial charge in [-0.05, 0) is 39.0 Å². The molecule has 0 bridgehead atoms. The predicted octanol–water partition coefficient (Wildman–Crippen LogP) is 3.38. The highest BCUT2D eigenvalue weighted by molar-refractivity contribution is 9.10. The fourth-order valence-corrected chi connectivity index (χ4v) is 2.37. The Morgan fingerprint density at radius 3 is 2.80 bits per heavy atom. The van der Waals surface area contributed by atoms with Crippen molar-refractivity contribution >= 4 is 39.7 Å². The molecule has 2 heterocycles. The summed E-state index contributed by atoms with van der Waals surface area (Å²) in [5, 5.41) is 2.03. The first-order valence-corrected chi connectivity index (χ1v) is 5.84. The van der Waals surface area contributed by atoms with Crippen molar-refractivity contribution in [3.63, 3.8) is 0 Å². The van der Waals surface area contributed by atoms with Gasteiger partial charge >= 0.3 is 0 Å². The zero-order chi connectivity index (χ0) is 9.97. The summed E-state index contributed by atoms with van der Waals surface area (Å²) in [4.78, 5) is 5.25. The Hall–Kier alpha value is -0.420. The number of hydrogen-bond donors (Lipinski definition) is 1. The minimum atomic E-state index is -0.0694. The van der Waals surface area contributed by atoms with Crippen LogP contribution >= 0.6 is 39.7 Å². The van der Waals surface area contributed by atoms with Crippen LogP contribution in [0.25, 0.3) is 0 Å². The maximum absolute atomic E-state index is 6.08. The van der Waals surface area contributed by atoms with Crippen LogP contribution < -0.4 is 5.73 Å². The minimum absolute atomic E-state index is 0. The second-order valence-corrected chi connectivity index (χ2v) is 4.82. The van der Waals surface area contributed by atoms with Crippen molar-refractivity contribution in [3.05, 3.63) is 50.9 Å². The Bertz CT molecular complexity index is 419.